The van der Waals surface area contributed by atoms with Crippen LogP contribution in [0.25, 0.3) is 0 Å². The summed E-state index contributed by atoms with van der Waals surface area (Å²) in [5.41, 5.74) is 0. The number of unbranched alkanes of at least 4 members (excludes halogenated alkanes) is 1. The van der Waals surface area contributed by atoms with Gasteiger partial charge in [-0.1, -0.05) is 18.6 Å². The Labute approximate surface area is 66.9 Å². The molecule has 0 saturated carbocycles. The summed E-state index contributed by atoms with van der Waals surface area (Å²) in [6.45, 7) is 0. The van der Waals surface area contributed by atoms with Crippen LogP contribution in [0.5, 0.6) is 0 Å². The van der Waals surface area contributed by atoms with Crippen molar-refractivity contribution in [3.63, 3.8) is 0 Å². The second-order valence-corrected chi connectivity index (χ2v) is 3.06. The zero-order valence-electron chi connectivity index (χ0n) is 6.62. The van der Waals surface area contributed by atoms with E-state index in [2.05, 4.69) is 12.2 Å². The topological polar surface area (TPSA) is 37.3 Å². The van der Waals surface area contributed by atoms with Crippen molar-refractivity contribution < 1.29 is 9.90 Å². The summed E-state index contributed by atoms with van der Waals surface area (Å²) < 4.78 is 0. The standard InChI is InChI=1S/C9H14O2/c10-9(11)7-2-1-4-8-5-3-6-8/h3,5,8H,1-2,4,6-7H2,(H,10,11). The maximum absolute atomic E-state index is 10.1. The highest BCUT2D eigenvalue weighted by Crippen LogP contribution is 2.22. The third-order valence-electron chi connectivity index (χ3n) is 2.06. The molecule has 62 valence electrons. The molecule has 1 aliphatic rings. The number of rotatable bonds is 5. The summed E-state index contributed by atoms with van der Waals surface area (Å²) in [6, 6.07) is 0. The fourth-order valence-corrected chi connectivity index (χ4v) is 1.23. The molecule has 1 rings (SSSR count). The molecule has 1 aliphatic carbocycles. The van der Waals surface area contributed by atoms with E-state index in [1.54, 1.807) is 0 Å². The number of allylic oxidation sites excluding steroid dienone is 2. The van der Waals surface area contributed by atoms with Crippen molar-refractivity contribution in [2.24, 2.45) is 5.92 Å². The fourth-order valence-electron chi connectivity index (χ4n) is 1.23. The highest BCUT2D eigenvalue weighted by molar-refractivity contribution is 5.66. The zero-order chi connectivity index (χ0) is 8.10. The molecular formula is C9H14O2. The van der Waals surface area contributed by atoms with Crippen molar-refractivity contribution in [3.8, 4) is 0 Å². The van der Waals surface area contributed by atoms with Crippen molar-refractivity contribution in [2.45, 2.75) is 32.1 Å². The highest BCUT2D eigenvalue weighted by atomic mass is 16.4. The molecule has 2 nitrogen and oxygen atoms in total. The van der Waals surface area contributed by atoms with Crippen molar-refractivity contribution in [1.82, 2.24) is 0 Å². The van der Waals surface area contributed by atoms with Gasteiger partial charge in [0.15, 0.2) is 0 Å². The molecule has 2 heteroatoms. The molecule has 0 aromatic rings. The largest absolute Gasteiger partial charge is 0.481 e. The number of aliphatic carboxylic acids is 1. The second kappa shape index (κ2) is 4.16. The predicted molar refractivity (Wildman–Crippen MR) is 43.4 cm³/mol. The van der Waals surface area contributed by atoms with Gasteiger partial charge in [-0.05, 0) is 25.2 Å². The normalized spacial score (nSPS) is 21.3. The van der Waals surface area contributed by atoms with Crippen molar-refractivity contribution in [2.75, 3.05) is 0 Å². The molecule has 0 fully saturated rings. The Balaban J connectivity index is 1.88. The van der Waals surface area contributed by atoms with Crippen LogP contribution in [0.1, 0.15) is 32.1 Å². The van der Waals surface area contributed by atoms with E-state index in [0.29, 0.717) is 6.42 Å². The molecule has 1 atom stereocenters. The lowest BCUT2D eigenvalue weighted by molar-refractivity contribution is -0.137. The Hall–Kier alpha value is -0.790. The molecule has 1 unspecified atom stereocenters. The first-order chi connectivity index (χ1) is 5.29. The Kier molecular flexibility index (Phi) is 3.14. The van der Waals surface area contributed by atoms with Crippen LogP contribution < -0.4 is 0 Å². The summed E-state index contributed by atoms with van der Waals surface area (Å²) in [5.74, 6) is 0.0814. The Morgan fingerprint density at radius 1 is 1.55 bits per heavy atom. The van der Waals surface area contributed by atoms with Gasteiger partial charge < -0.3 is 5.11 Å². The Morgan fingerprint density at radius 2 is 2.27 bits per heavy atom. The Bertz CT molecular complexity index is 161. The van der Waals surface area contributed by atoms with Crippen molar-refractivity contribution >= 4 is 5.97 Å². The lowest BCUT2D eigenvalue weighted by Crippen LogP contribution is -2.03. The molecule has 0 heterocycles. The van der Waals surface area contributed by atoms with E-state index in [9.17, 15) is 4.79 Å². The molecule has 11 heavy (non-hydrogen) atoms. The summed E-state index contributed by atoms with van der Waals surface area (Å²) in [5, 5.41) is 8.34. The van der Waals surface area contributed by atoms with Crippen LogP contribution >= 0.6 is 0 Å². The van der Waals surface area contributed by atoms with Gasteiger partial charge in [-0.15, -0.1) is 0 Å². The number of carbonyl (C=O) groups is 1. The minimum absolute atomic E-state index is 0.330. The van der Waals surface area contributed by atoms with Crippen molar-refractivity contribution in [1.29, 1.82) is 0 Å². The lowest BCUT2D eigenvalue weighted by Gasteiger charge is -2.16. The molecule has 0 aliphatic heterocycles. The van der Waals surface area contributed by atoms with E-state index in [1.807, 2.05) is 0 Å². The molecule has 0 saturated heterocycles. The van der Waals surface area contributed by atoms with Gasteiger partial charge in [0.05, 0.1) is 0 Å². The summed E-state index contributed by atoms with van der Waals surface area (Å²) in [7, 11) is 0. The van der Waals surface area contributed by atoms with Crippen LogP contribution in [-0.4, -0.2) is 11.1 Å². The van der Waals surface area contributed by atoms with Crippen LogP contribution in [-0.2, 0) is 4.79 Å². The smallest absolute Gasteiger partial charge is 0.303 e. The number of carboxylic acids is 1. The quantitative estimate of drug-likeness (QED) is 0.487. The SMILES string of the molecule is O=C(O)CCCCC1C=CC1. The van der Waals surface area contributed by atoms with Gasteiger partial charge in [-0.2, -0.15) is 0 Å². The molecule has 0 amide bonds. The average Bonchev–Trinajstić information content (AvgIpc) is 1.82. The number of hydrogen-bond donors (Lipinski definition) is 1. The van der Waals surface area contributed by atoms with Gasteiger partial charge in [0.2, 0.25) is 0 Å². The summed E-state index contributed by atoms with van der Waals surface area (Å²) >= 11 is 0. The predicted octanol–water partition coefficient (Wildman–Crippen LogP) is 2.21. The monoisotopic (exact) mass is 154 g/mol. The van der Waals surface area contributed by atoms with Crippen LogP contribution in [0.4, 0.5) is 0 Å². The van der Waals surface area contributed by atoms with E-state index in [4.69, 9.17) is 5.11 Å². The van der Waals surface area contributed by atoms with Gasteiger partial charge >= 0.3 is 5.97 Å². The zero-order valence-corrected chi connectivity index (χ0v) is 6.62. The van der Waals surface area contributed by atoms with Crippen LogP contribution in [0.3, 0.4) is 0 Å². The van der Waals surface area contributed by atoms with E-state index in [-0.39, 0.29) is 0 Å². The van der Waals surface area contributed by atoms with Crippen molar-refractivity contribution in [3.05, 3.63) is 12.2 Å². The maximum Gasteiger partial charge on any atom is 0.303 e. The molecule has 0 bridgehead atoms. The highest BCUT2D eigenvalue weighted by Gasteiger charge is 2.08. The first-order valence-corrected chi connectivity index (χ1v) is 4.17. The second-order valence-electron chi connectivity index (χ2n) is 3.06. The van der Waals surface area contributed by atoms with E-state index in [1.165, 1.54) is 12.8 Å². The fraction of sp³-hybridized carbons (Fsp3) is 0.667. The molecule has 1 N–H and O–H groups in total. The van der Waals surface area contributed by atoms with Gasteiger partial charge in [0.25, 0.3) is 0 Å². The van der Waals surface area contributed by atoms with E-state index in [0.717, 1.165) is 18.8 Å². The van der Waals surface area contributed by atoms with E-state index < -0.39 is 5.97 Å². The third-order valence-corrected chi connectivity index (χ3v) is 2.06. The van der Waals surface area contributed by atoms with Crippen LogP contribution in [0.15, 0.2) is 12.2 Å². The Morgan fingerprint density at radius 3 is 2.73 bits per heavy atom. The number of hydrogen-bond acceptors (Lipinski definition) is 1. The van der Waals surface area contributed by atoms with Gasteiger partial charge in [0.1, 0.15) is 0 Å². The maximum atomic E-state index is 10.1. The van der Waals surface area contributed by atoms with Gasteiger partial charge in [-0.25, -0.2) is 0 Å². The van der Waals surface area contributed by atoms with Crippen LogP contribution in [0.2, 0.25) is 0 Å². The molecule has 0 radical (unpaired) electrons. The summed E-state index contributed by atoms with van der Waals surface area (Å²) in [4.78, 5) is 10.1. The molecule has 0 spiro atoms. The molecule has 0 aromatic carbocycles. The minimum atomic E-state index is -0.672. The lowest BCUT2D eigenvalue weighted by atomic mass is 9.90. The molecular weight excluding hydrogens is 140 g/mol. The first-order valence-electron chi connectivity index (χ1n) is 4.17. The van der Waals surface area contributed by atoms with Gasteiger partial charge in [0, 0.05) is 6.42 Å². The third kappa shape index (κ3) is 3.21. The molecule has 0 aromatic heterocycles. The van der Waals surface area contributed by atoms with Crippen LogP contribution in [0, 0.1) is 5.92 Å². The minimum Gasteiger partial charge on any atom is -0.481 e. The van der Waals surface area contributed by atoms with Gasteiger partial charge in [-0.3, -0.25) is 4.79 Å². The number of carboxylic acid groups (broad SMARTS) is 1. The average molecular weight is 154 g/mol. The first kappa shape index (κ1) is 8.31. The summed E-state index contributed by atoms with van der Waals surface area (Å²) in [6.07, 6.45) is 8.97. The van der Waals surface area contributed by atoms with E-state index >= 15 is 0 Å².